The quantitative estimate of drug-likeness (QED) is 0.0236. The molecular weight excluding hydrogens is 1580 g/mol. The molecule has 0 bridgehead atoms. The highest BCUT2D eigenvalue weighted by atomic mass is 32.2. The highest BCUT2D eigenvalue weighted by molar-refractivity contribution is 8.14. The van der Waals surface area contributed by atoms with E-state index in [9.17, 15) is 52.9 Å². The molecule has 0 saturated carbocycles. The molecule has 0 amide bonds. The number of aryl methyl sites for hydroxylation is 2. The molecule has 0 aliphatic carbocycles. The summed E-state index contributed by atoms with van der Waals surface area (Å²) in [4.78, 5) is 140. The van der Waals surface area contributed by atoms with Gasteiger partial charge in [0.1, 0.15) is 97.4 Å². The van der Waals surface area contributed by atoms with Crippen LogP contribution in [0.2, 0.25) is 0 Å². The van der Waals surface area contributed by atoms with Crippen molar-refractivity contribution in [1.82, 2.24) is 58.1 Å². The summed E-state index contributed by atoms with van der Waals surface area (Å²) in [6, 6.07) is 0. The van der Waals surface area contributed by atoms with E-state index < -0.39 is 187 Å². The summed E-state index contributed by atoms with van der Waals surface area (Å²) < 4.78 is 156. The Morgan fingerprint density at radius 1 is 0.486 bits per heavy atom. The predicted molar refractivity (Wildman–Crippen MR) is 379 cm³/mol. The van der Waals surface area contributed by atoms with Crippen molar-refractivity contribution in [2.45, 2.75) is 141 Å². The molecule has 4 fully saturated rings. The van der Waals surface area contributed by atoms with Gasteiger partial charge in [-0.3, -0.25) is 107 Å². The Balaban J connectivity index is 0.960. The number of phosphoric acid groups is 4. The fourth-order valence-electron chi connectivity index (χ4n) is 11.1. The number of nitrogens with one attached hydrogen (secondary N) is 2. The molecule has 0 radical (unpaired) electrons. The van der Waals surface area contributed by atoms with Crippen molar-refractivity contribution in [3.05, 3.63) is 90.5 Å². The van der Waals surface area contributed by atoms with Crippen LogP contribution >= 0.6 is 78.3 Å². The number of aromatic amines is 2. The first-order valence-corrected chi connectivity index (χ1v) is 42.3. The maximum atomic E-state index is 15.8. The molecule has 16 atom stereocenters. The van der Waals surface area contributed by atoms with Gasteiger partial charge in [-0.1, -0.05) is 47.0 Å². The third-order valence-corrected chi connectivity index (χ3v) is 24.7. The predicted octanol–water partition coefficient (Wildman–Crippen LogP) is 3.89. The van der Waals surface area contributed by atoms with Gasteiger partial charge in [-0.25, -0.2) is 57.8 Å². The number of fused-ring (bicyclic) bond motifs is 2. The first-order valence-electron chi connectivity index (χ1n) is 32.4. The molecule has 4 aliphatic rings. The van der Waals surface area contributed by atoms with Crippen molar-refractivity contribution in [3.8, 4) is 0 Å². The number of hydrogen-bond donors (Lipinski definition) is 6. The lowest BCUT2D eigenvalue weighted by molar-refractivity contribution is -0.109. The first kappa shape index (κ1) is 83.8. The van der Waals surface area contributed by atoms with Crippen LogP contribution in [0.5, 0.6) is 0 Å². The van der Waals surface area contributed by atoms with Crippen LogP contribution in [-0.4, -0.2) is 213 Å². The van der Waals surface area contributed by atoms with Crippen LogP contribution in [0, 0.1) is 13.8 Å². The molecule has 4 unspecified atom stereocenters. The lowest BCUT2D eigenvalue weighted by atomic mass is 10.2. The molecule has 10 rings (SSSR count). The summed E-state index contributed by atoms with van der Waals surface area (Å²) in [7, 11) is -20.4. The average molecular weight is 1660 g/mol. The monoisotopic (exact) mass is 1660 g/mol. The zero-order chi connectivity index (χ0) is 77.1. The molecule has 4 saturated heterocycles. The van der Waals surface area contributed by atoms with Gasteiger partial charge < -0.3 is 40.4 Å². The molecule has 51 heteroatoms. The topological polar surface area (TPSA) is 564 Å². The van der Waals surface area contributed by atoms with Crippen LogP contribution in [0.15, 0.2) is 56.9 Å². The van der Waals surface area contributed by atoms with Crippen molar-refractivity contribution in [2.75, 3.05) is 87.3 Å². The first-order chi connectivity index (χ1) is 50.8. The highest BCUT2D eigenvalue weighted by Crippen LogP contribution is 2.59. The van der Waals surface area contributed by atoms with Crippen molar-refractivity contribution >= 4 is 133 Å². The van der Waals surface area contributed by atoms with Gasteiger partial charge >= 0.3 is 42.7 Å². The minimum Gasteiger partial charge on any atom is -0.394 e. The maximum absolute atomic E-state index is 15.8. The van der Waals surface area contributed by atoms with Gasteiger partial charge in [-0.05, 0) is 13.8 Å². The summed E-state index contributed by atoms with van der Waals surface area (Å²) in [6.07, 6.45) is -10.8. The zero-order valence-corrected chi connectivity index (χ0v) is 64.5. The van der Waals surface area contributed by atoms with E-state index >= 15 is 13.7 Å². The minimum absolute atomic E-state index is 0.0146. The lowest BCUT2D eigenvalue weighted by Gasteiger charge is -2.28. The average Bonchev–Trinajstić information content (AvgIpc) is 1.63. The number of nitrogens with two attached hydrogens (primary N) is 2. The third kappa shape index (κ3) is 22.4. The lowest BCUT2D eigenvalue weighted by Crippen LogP contribution is -2.33. The number of phosphoric ester groups is 4. The molecular formula is C56H76N14O29P4S4. The number of anilines is 2. The number of aliphatic hydroxyl groups is 1. The summed E-state index contributed by atoms with van der Waals surface area (Å²) in [6.45, 7) is 2.73. The van der Waals surface area contributed by atoms with Gasteiger partial charge in [0.05, 0.1) is 65.5 Å². The van der Waals surface area contributed by atoms with Crippen LogP contribution in [0.1, 0.15) is 89.4 Å². The van der Waals surface area contributed by atoms with E-state index in [0.717, 1.165) is 68.8 Å². The molecule has 0 aromatic carbocycles. The number of carbonyl (C=O) groups is 4. The number of hydrogen-bond acceptors (Lipinski definition) is 40. The van der Waals surface area contributed by atoms with E-state index in [0.29, 0.717) is 0 Å². The number of aliphatic hydroxyl groups excluding tert-OH is 1. The molecule has 6 aromatic rings. The number of rotatable bonds is 38. The SMILES string of the molecule is CC(=O)SCCOP(=O)(O)O[C@H]1C[C@H](n2cc(C)c(=O)[nH]c2=O)O[C@@H]1COP(=O)(OCCSC(C)=O)O[C@H]1C[C@H](n2cnc3c(N)ncnc32)O[C@@H]1COP(=O)(OCCSC(C)=O)O[C@H]1C[C@H](n2cnc3c(N)ncnc32)O[C@@H]1COP(=O)(OCCSC(C)=O)O[C@H]1C[C@H](n2cc(C)c(=O)[nH]c2=O)O[C@@H]1CO. The Hall–Kier alpha value is -5.62. The number of nitrogen functional groups attached to an aromatic ring is 2. The summed E-state index contributed by atoms with van der Waals surface area (Å²) in [5, 5.41) is 9.19. The van der Waals surface area contributed by atoms with Gasteiger partial charge in [0.2, 0.25) is 0 Å². The molecule has 8 N–H and O–H groups in total. The van der Waals surface area contributed by atoms with Crippen LogP contribution < -0.4 is 34.0 Å². The zero-order valence-electron chi connectivity index (χ0n) is 57.7. The van der Waals surface area contributed by atoms with Gasteiger partial charge in [0, 0.05) is 99.9 Å². The number of imidazole rings is 2. The molecule has 0 spiro atoms. The number of H-pyrrole nitrogens is 2. The Morgan fingerprint density at radius 3 is 1.15 bits per heavy atom. The van der Waals surface area contributed by atoms with E-state index in [4.69, 9.17) is 80.2 Å². The van der Waals surface area contributed by atoms with Crippen LogP contribution in [0.4, 0.5) is 11.6 Å². The minimum atomic E-state index is -5.19. The largest absolute Gasteiger partial charge is 0.475 e. The Kier molecular flexibility index (Phi) is 29.1. The molecule has 43 nitrogen and oxygen atoms in total. The van der Waals surface area contributed by atoms with Gasteiger partial charge in [0.25, 0.3) is 11.1 Å². The van der Waals surface area contributed by atoms with E-state index in [2.05, 4.69) is 39.9 Å². The van der Waals surface area contributed by atoms with Crippen LogP contribution in [0.3, 0.4) is 0 Å². The smallest absolute Gasteiger partial charge is 0.394 e. The Labute approximate surface area is 622 Å². The maximum Gasteiger partial charge on any atom is 0.475 e. The summed E-state index contributed by atoms with van der Waals surface area (Å²) >= 11 is 3.19. The van der Waals surface area contributed by atoms with E-state index in [1.165, 1.54) is 75.7 Å². The molecule has 107 heavy (non-hydrogen) atoms. The summed E-state index contributed by atoms with van der Waals surface area (Å²) in [5.41, 5.74) is 9.92. The number of thioether (sulfide) groups is 4. The van der Waals surface area contributed by atoms with Crippen LogP contribution in [-0.2, 0) is 106 Å². The molecule has 6 aromatic heterocycles. The van der Waals surface area contributed by atoms with E-state index in [-0.39, 0.29) is 108 Å². The standard InChI is InChI=1S/C56H76N14O29P4S4/c1-29-19-67(55(78)65-53(29)76)43-15-35(39(21-71)92-43)97-101(82,86-8-12-105-32(4)73)90-23-41-37(17-45(94-41)69-27-63-47-49(57)59-25-61-51(47)69)99-103(84,88-10-14-107-34(6)75)91-24-42-38(18-46(95-42)70-28-64-48-50(58)60-26-62-52(48)70)98-102(83,87-9-13-106-33(5)74)89-22-40-36(96-100(80,81)85-7-11-104-31(3)72)16-44(93-40)68-20-30(2)54(77)66-56(68)79/h19-20,25-28,35-46,71H,7-18,21-24H2,1-6H3,(H,80,81)(H2,57,59,61)(H2,58,60,62)(H,65,76,78)(H,66,77,79)/t35-,36-,37-,38-,39+,40+,41+,42+,43+,44+,45+,46+,101?,102?,103?/m0/s1. The Morgan fingerprint density at radius 2 is 0.804 bits per heavy atom. The van der Waals surface area contributed by atoms with Crippen molar-refractivity contribution in [3.63, 3.8) is 0 Å². The molecule has 588 valence electrons. The molecule has 10 heterocycles. The Bertz CT molecular complexity index is 4650. The van der Waals surface area contributed by atoms with Crippen molar-refractivity contribution < 1.29 is 116 Å². The fraction of sp³-hybridized carbons (Fsp3) is 0.607. The number of ether oxygens (including phenoxy) is 4. The van der Waals surface area contributed by atoms with E-state index in [1.54, 1.807) is 0 Å². The number of carbonyl (C=O) groups excluding carboxylic acids is 4. The van der Waals surface area contributed by atoms with Crippen molar-refractivity contribution in [2.24, 2.45) is 0 Å². The second-order valence-corrected chi connectivity index (χ2v) is 35.1. The number of nitrogens with zero attached hydrogens (tertiary/aromatic N) is 10. The van der Waals surface area contributed by atoms with E-state index in [1.807, 2.05) is 0 Å². The highest BCUT2D eigenvalue weighted by Gasteiger charge is 2.51. The van der Waals surface area contributed by atoms with Crippen LogP contribution in [0.25, 0.3) is 22.3 Å². The fourth-order valence-corrected chi connectivity index (χ4v) is 18.6. The molecule has 4 aliphatic heterocycles. The second kappa shape index (κ2) is 37.1. The second-order valence-electron chi connectivity index (χ2n) is 23.7. The normalized spacial score (nSPS) is 25.4. The van der Waals surface area contributed by atoms with Gasteiger partial charge in [-0.2, -0.15) is 0 Å². The number of aromatic nitrogens is 12. The van der Waals surface area contributed by atoms with Gasteiger partial charge in [-0.15, -0.1) is 0 Å². The van der Waals surface area contributed by atoms with Crippen molar-refractivity contribution in [1.29, 1.82) is 0 Å². The third-order valence-electron chi connectivity index (χ3n) is 16.0. The van der Waals surface area contributed by atoms with Gasteiger partial charge in [0.15, 0.2) is 43.4 Å². The summed E-state index contributed by atoms with van der Waals surface area (Å²) in [5.74, 6) is -0.412.